The average molecular weight is 225 g/mol. The van der Waals surface area contributed by atoms with E-state index < -0.39 is 0 Å². The van der Waals surface area contributed by atoms with Crippen molar-refractivity contribution < 1.29 is 4.42 Å². The van der Waals surface area contributed by atoms with E-state index in [2.05, 4.69) is 30.1 Å². The molecule has 0 spiro atoms. The third kappa shape index (κ3) is 3.58. The van der Waals surface area contributed by atoms with Gasteiger partial charge in [0.25, 0.3) is 0 Å². The molecule has 3 heteroatoms. The predicted molar refractivity (Wildman–Crippen MR) is 65.4 cm³/mol. The van der Waals surface area contributed by atoms with E-state index in [1.54, 1.807) is 6.26 Å². The third-order valence-electron chi connectivity index (χ3n) is 2.83. The smallest absolute Gasteiger partial charge is 0.105 e. The first-order valence-corrected chi connectivity index (χ1v) is 6.86. The summed E-state index contributed by atoms with van der Waals surface area (Å²) in [6, 6.07) is 5.24. The second-order valence-electron chi connectivity index (χ2n) is 4.24. The first-order valence-electron chi connectivity index (χ1n) is 5.71. The van der Waals surface area contributed by atoms with E-state index in [0.29, 0.717) is 6.04 Å². The molecule has 1 unspecified atom stereocenters. The zero-order valence-corrected chi connectivity index (χ0v) is 10.1. The Morgan fingerprint density at radius 3 is 3.00 bits per heavy atom. The highest BCUT2D eigenvalue weighted by molar-refractivity contribution is 7.99. The first-order chi connectivity index (χ1) is 7.34. The molecule has 2 heterocycles. The van der Waals surface area contributed by atoms with Gasteiger partial charge in [0.2, 0.25) is 0 Å². The second-order valence-corrected chi connectivity index (χ2v) is 5.46. The number of hydrogen-bond acceptors (Lipinski definition) is 3. The largest absolute Gasteiger partial charge is 0.469 e. The predicted octanol–water partition coefficient (Wildman–Crippen LogP) is 2.70. The maximum absolute atomic E-state index is 5.35. The molecule has 2 rings (SSSR count). The van der Waals surface area contributed by atoms with Gasteiger partial charge >= 0.3 is 0 Å². The molecule has 1 aromatic heterocycles. The summed E-state index contributed by atoms with van der Waals surface area (Å²) in [6.07, 6.45) is 5.37. The lowest BCUT2D eigenvalue weighted by atomic mass is 10.1. The zero-order valence-electron chi connectivity index (χ0n) is 9.24. The monoisotopic (exact) mass is 225 g/mol. The lowest BCUT2D eigenvalue weighted by Gasteiger charge is -2.26. The number of nitrogens with one attached hydrogen (secondary N) is 1. The molecule has 2 nitrogen and oxygen atoms in total. The van der Waals surface area contributed by atoms with Crippen LogP contribution in [0.4, 0.5) is 0 Å². The molecule has 0 aliphatic carbocycles. The molecule has 0 saturated carbocycles. The Labute approximate surface area is 95.8 Å². The summed E-state index contributed by atoms with van der Waals surface area (Å²) in [6.45, 7) is 2.24. The fourth-order valence-corrected chi connectivity index (χ4v) is 3.16. The van der Waals surface area contributed by atoms with Gasteiger partial charge in [-0.15, -0.1) is 0 Å². The molecule has 0 bridgehead atoms. The van der Waals surface area contributed by atoms with Crippen molar-refractivity contribution in [3.63, 3.8) is 0 Å². The summed E-state index contributed by atoms with van der Waals surface area (Å²) in [5.74, 6) is 3.70. The van der Waals surface area contributed by atoms with Gasteiger partial charge in [-0.3, -0.25) is 0 Å². The van der Waals surface area contributed by atoms with E-state index in [1.807, 2.05) is 6.07 Å². The van der Waals surface area contributed by atoms with Crippen LogP contribution in [-0.4, -0.2) is 23.6 Å². The molecule has 1 atom stereocenters. The number of rotatable bonds is 4. The topological polar surface area (TPSA) is 25.2 Å². The first kappa shape index (κ1) is 11.1. The fourth-order valence-electron chi connectivity index (χ4n) is 2.06. The van der Waals surface area contributed by atoms with Gasteiger partial charge in [0.15, 0.2) is 0 Å². The Bertz CT molecular complexity index is 267. The van der Waals surface area contributed by atoms with Crippen molar-refractivity contribution in [2.75, 3.05) is 11.5 Å². The van der Waals surface area contributed by atoms with Gasteiger partial charge in [0, 0.05) is 18.5 Å². The molecule has 84 valence electrons. The van der Waals surface area contributed by atoms with Gasteiger partial charge in [-0.1, -0.05) is 0 Å². The Hall–Kier alpha value is -0.410. The highest BCUT2D eigenvalue weighted by Crippen LogP contribution is 2.17. The Morgan fingerprint density at radius 2 is 2.33 bits per heavy atom. The van der Waals surface area contributed by atoms with Crippen molar-refractivity contribution in [3.05, 3.63) is 24.2 Å². The maximum atomic E-state index is 5.35. The Kier molecular flexibility index (Phi) is 4.15. The molecule has 1 aliphatic heterocycles. The zero-order chi connectivity index (χ0) is 10.5. The minimum Gasteiger partial charge on any atom is -0.469 e. The van der Waals surface area contributed by atoms with Gasteiger partial charge in [0.1, 0.15) is 5.76 Å². The highest BCUT2D eigenvalue weighted by atomic mass is 32.2. The lowest BCUT2D eigenvalue weighted by Crippen LogP contribution is -2.39. The Morgan fingerprint density at radius 1 is 1.53 bits per heavy atom. The van der Waals surface area contributed by atoms with Crippen molar-refractivity contribution in [1.82, 2.24) is 5.32 Å². The van der Waals surface area contributed by atoms with Crippen LogP contribution in [0.25, 0.3) is 0 Å². The van der Waals surface area contributed by atoms with Crippen LogP contribution in [0.3, 0.4) is 0 Å². The number of thioether (sulfide) groups is 1. The van der Waals surface area contributed by atoms with E-state index in [9.17, 15) is 0 Å². The van der Waals surface area contributed by atoms with E-state index in [-0.39, 0.29) is 0 Å². The standard InChI is InChI=1S/C12H19NOS/c1-10(9-12-3-2-6-14-12)13-11-4-7-15-8-5-11/h2-3,6,10-11,13H,4-5,7-9H2,1H3. The minimum atomic E-state index is 0.518. The van der Waals surface area contributed by atoms with Crippen molar-refractivity contribution in [1.29, 1.82) is 0 Å². The maximum Gasteiger partial charge on any atom is 0.105 e. The number of hydrogen-bond donors (Lipinski definition) is 1. The van der Waals surface area contributed by atoms with Crippen LogP contribution in [0.5, 0.6) is 0 Å². The van der Waals surface area contributed by atoms with Gasteiger partial charge in [-0.05, 0) is 43.4 Å². The molecular formula is C12H19NOS. The summed E-state index contributed by atoms with van der Waals surface area (Å²) >= 11 is 2.07. The Balaban J connectivity index is 1.74. The average Bonchev–Trinajstić information content (AvgIpc) is 2.71. The van der Waals surface area contributed by atoms with Gasteiger partial charge in [-0.25, -0.2) is 0 Å². The van der Waals surface area contributed by atoms with E-state index >= 15 is 0 Å². The van der Waals surface area contributed by atoms with Crippen LogP contribution >= 0.6 is 11.8 Å². The van der Waals surface area contributed by atoms with Crippen LogP contribution in [-0.2, 0) is 6.42 Å². The fraction of sp³-hybridized carbons (Fsp3) is 0.667. The van der Waals surface area contributed by atoms with E-state index in [4.69, 9.17) is 4.42 Å². The molecule has 0 radical (unpaired) electrons. The van der Waals surface area contributed by atoms with Crippen LogP contribution < -0.4 is 5.32 Å². The van der Waals surface area contributed by atoms with Crippen molar-refractivity contribution >= 4 is 11.8 Å². The van der Waals surface area contributed by atoms with Crippen LogP contribution in [0.1, 0.15) is 25.5 Å². The summed E-state index contributed by atoms with van der Waals surface area (Å²) < 4.78 is 5.35. The highest BCUT2D eigenvalue weighted by Gasteiger charge is 2.16. The lowest BCUT2D eigenvalue weighted by molar-refractivity contribution is 0.396. The van der Waals surface area contributed by atoms with Gasteiger partial charge < -0.3 is 9.73 Å². The van der Waals surface area contributed by atoms with Crippen LogP contribution in [0.2, 0.25) is 0 Å². The van der Waals surface area contributed by atoms with Crippen molar-refractivity contribution in [2.24, 2.45) is 0 Å². The molecular weight excluding hydrogens is 206 g/mol. The normalized spacial score (nSPS) is 20.3. The molecule has 0 amide bonds. The molecule has 0 aromatic carbocycles. The van der Waals surface area contributed by atoms with Gasteiger partial charge in [-0.2, -0.15) is 11.8 Å². The molecule has 1 saturated heterocycles. The van der Waals surface area contributed by atoms with Gasteiger partial charge in [0.05, 0.1) is 6.26 Å². The van der Waals surface area contributed by atoms with E-state index in [0.717, 1.165) is 18.2 Å². The molecule has 15 heavy (non-hydrogen) atoms. The molecule has 1 aliphatic rings. The summed E-state index contributed by atoms with van der Waals surface area (Å²) in [5, 5.41) is 3.68. The molecule has 1 fully saturated rings. The molecule has 1 N–H and O–H groups in total. The van der Waals surface area contributed by atoms with Crippen LogP contribution in [0.15, 0.2) is 22.8 Å². The summed E-state index contributed by atoms with van der Waals surface area (Å²) in [5.41, 5.74) is 0. The van der Waals surface area contributed by atoms with Crippen molar-refractivity contribution in [3.8, 4) is 0 Å². The SMILES string of the molecule is CC(Cc1ccco1)NC1CCSCC1. The number of furan rings is 1. The quantitative estimate of drug-likeness (QED) is 0.853. The van der Waals surface area contributed by atoms with E-state index in [1.165, 1.54) is 24.3 Å². The summed E-state index contributed by atoms with van der Waals surface area (Å²) in [4.78, 5) is 0. The molecule has 1 aromatic rings. The summed E-state index contributed by atoms with van der Waals surface area (Å²) in [7, 11) is 0. The third-order valence-corrected chi connectivity index (χ3v) is 3.88. The second kappa shape index (κ2) is 5.61. The minimum absolute atomic E-state index is 0.518. The van der Waals surface area contributed by atoms with Crippen LogP contribution in [0, 0.1) is 0 Å². The van der Waals surface area contributed by atoms with Crippen molar-refractivity contribution in [2.45, 2.75) is 38.3 Å².